The fourth-order valence-electron chi connectivity index (χ4n) is 2.11. The van der Waals surface area contributed by atoms with Crippen LogP contribution in [0.3, 0.4) is 0 Å². The van der Waals surface area contributed by atoms with Gasteiger partial charge in [0.1, 0.15) is 5.82 Å². The van der Waals surface area contributed by atoms with E-state index in [-0.39, 0.29) is 11.9 Å². The Hall–Kier alpha value is -1.38. The topological polar surface area (TPSA) is 26.0 Å². The average molecular weight is 264 g/mol. The maximum atomic E-state index is 13.4. The minimum absolute atomic E-state index is 0.257. The van der Waals surface area contributed by atoms with Crippen molar-refractivity contribution in [3.8, 4) is 0 Å². The molecule has 0 saturated heterocycles. The van der Waals surface area contributed by atoms with Crippen LogP contribution in [0, 0.1) is 19.7 Å². The molecule has 0 aliphatic rings. The molecule has 0 bridgehead atoms. The molecule has 0 aromatic heterocycles. The zero-order chi connectivity index (χ0) is 13.3. The fraction of sp³-hybridized carbons (Fsp3) is 0.200. The monoisotopic (exact) mass is 263 g/mol. The van der Waals surface area contributed by atoms with Gasteiger partial charge < -0.3 is 5.73 Å². The molecule has 2 rings (SSSR count). The molecule has 0 fully saturated rings. The lowest BCUT2D eigenvalue weighted by molar-refractivity contribution is 0.622. The fourth-order valence-corrected chi connectivity index (χ4v) is 2.34. The maximum absolute atomic E-state index is 13.4. The molecule has 0 aliphatic carbocycles. The molecule has 1 nitrogen and oxygen atoms in total. The zero-order valence-electron chi connectivity index (χ0n) is 10.4. The SMILES string of the molecule is Cc1cc(F)cc(C(N)c2ccc(Cl)cc2C)c1. The Kier molecular flexibility index (Phi) is 3.69. The van der Waals surface area contributed by atoms with E-state index < -0.39 is 0 Å². The van der Waals surface area contributed by atoms with Crippen LogP contribution >= 0.6 is 11.6 Å². The van der Waals surface area contributed by atoms with Crippen molar-refractivity contribution in [3.63, 3.8) is 0 Å². The van der Waals surface area contributed by atoms with E-state index in [1.54, 1.807) is 6.07 Å². The van der Waals surface area contributed by atoms with Crippen LogP contribution in [0.4, 0.5) is 4.39 Å². The van der Waals surface area contributed by atoms with Gasteiger partial charge in [-0.3, -0.25) is 0 Å². The van der Waals surface area contributed by atoms with Gasteiger partial charge in [0.15, 0.2) is 0 Å². The van der Waals surface area contributed by atoms with Crippen molar-refractivity contribution in [3.05, 3.63) is 69.5 Å². The van der Waals surface area contributed by atoms with Crippen LogP contribution < -0.4 is 5.73 Å². The summed E-state index contributed by atoms with van der Waals surface area (Å²) in [6.07, 6.45) is 0. The first-order chi connectivity index (χ1) is 8.47. The molecule has 0 heterocycles. The van der Waals surface area contributed by atoms with E-state index in [4.69, 9.17) is 17.3 Å². The van der Waals surface area contributed by atoms with Crippen LogP contribution in [0.5, 0.6) is 0 Å². The van der Waals surface area contributed by atoms with Crippen LogP contribution in [-0.4, -0.2) is 0 Å². The van der Waals surface area contributed by atoms with Crippen LogP contribution in [0.15, 0.2) is 36.4 Å². The van der Waals surface area contributed by atoms with Crippen molar-refractivity contribution < 1.29 is 4.39 Å². The smallest absolute Gasteiger partial charge is 0.123 e. The number of halogens is 2. The molecular weight excluding hydrogens is 249 g/mol. The summed E-state index contributed by atoms with van der Waals surface area (Å²) >= 11 is 5.92. The number of rotatable bonds is 2. The van der Waals surface area contributed by atoms with E-state index in [0.717, 1.165) is 22.3 Å². The number of hydrogen-bond acceptors (Lipinski definition) is 1. The quantitative estimate of drug-likeness (QED) is 0.866. The van der Waals surface area contributed by atoms with Gasteiger partial charge in [0.05, 0.1) is 6.04 Å². The molecule has 1 atom stereocenters. The van der Waals surface area contributed by atoms with Crippen molar-refractivity contribution in [2.75, 3.05) is 0 Å². The number of benzene rings is 2. The van der Waals surface area contributed by atoms with Gasteiger partial charge in [0, 0.05) is 5.02 Å². The minimum atomic E-state index is -0.336. The largest absolute Gasteiger partial charge is 0.320 e. The van der Waals surface area contributed by atoms with E-state index in [2.05, 4.69) is 0 Å². The summed E-state index contributed by atoms with van der Waals surface area (Å²) in [4.78, 5) is 0. The van der Waals surface area contributed by atoms with Crippen molar-refractivity contribution in [1.82, 2.24) is 0 Å². The van der Waals surface area contributed by atoms with E-state index >= 15 is 0 Å². The maximum Gasteiger partial charge on any atom is 0.123 e. The molecule has 0 aliphatic heterocycles. The van der Waals surface area contributed by atoms with E-state index in [1.165, 1.54) is 12.1 Å². The van der Waals surface area contributed by atoms with Crippen molar-refractivity contribution >= 4 is 11.6 Å². The zero-order valence-corrected chi connectivity index (χ0v) is 11.1. The van der Waals surface area contributed by atoms with E-state index in [1.807, 2.05) is 32.0 Å². The van der Waals surface area contributed by atoms with Gasteiger partial charge in [-0.05, 0) is 60.4 Å². The summed E-state index contributed by atoms with van der Waals surface area (Å²) in [6, 6.07) is 10.1. The van der Waals surface area contributed by atoms with Gasteiger partial charge in [0.2, 0.25) is 0 Å². The highest BCUT2D eigenvalue weighted by molar-refractivity contribution is 6.30. The molecule has 94 valence electrons. The van der Waals surface area contributed by atoms with Gasteiger partial charge >= 0.3 is 0 Å². The lowest BCUT2D eigenvalue weighted by atomic mass is 9.95. The molecule has 0 amide bonds. The van der Waals surface area contributed by atoms with Crippen molar-refractivity contribution in [2.24, 2.45) is 5.73 Å². The summed E-state index contributed by atoms with van der Waals surface area (Å²) in [7, 11) is 0. The van der Waals surface area contributed by atoms with Crippen LogP contribution in [0.1, 0.15) is 28.3 Å². The van der Waals surface area contributed by atoms with Gasteiger partial charge in [-0.2, -0.15) is 0 Å². The first-order valence-corrected chi connectivity index (χ1v) is 6.14. The Morgan fingerprint density at radius 1 is 1.11 bits per heavy atom. The number of hydrogen-bond donors (Lipinski definition) is 1. The summed E-state index contributed by atoms with van der Waals surface area (Å²) < 4.78 is 13.4. The first kappa shape index (κ1) is 13.1. The Morgan fingerprint density at radius 3 is 2.44 bits per heavy atom. The lowest BCUT2D eigenvalue weighted by Gasteiger charge is -2.16. The molecule has 2 aromatic carbocycles. The highest BCUT2D eigenvalue weighted by atomic mass is 35.5. The molecule has 3 heteroatoms. The predicted molar refractivity (Wildman–Crippen MR) is 73.4 cm³/mol. The Bertz CT molecular complexity index is 560. The van der Waals surface area contributed by atoms with Crippen LogP contribution in [0.2, 0.25) is 5.02 Å². The first-order valence-electron chi connectivity index (χ1n) is 5.76. The van der Waals surface area contributed by atoms with Crippen LogP contribution in [0.25, 0.3) is 0 Å². The average Bonchev–Trinajstić information content (AvgIpc) is 2.26. The molecular formula is C15H15ClFN. The normalized spacial score (nSPS) is 12.5. The van der Waals surface area contributed by atoms with E-state index in [0.29, 0.717) is 5.02 Å². The molecule has 2 aromatic rings. The third-order valence-corrected chi connectivity index (χ3v) is 3.23. The summed E-state index contributed by atoms with van der Waals surface area (Å²) in [5.41, 5.74) is 9.81. The highest BCUT2D eigenvalue weighted by Crippen LogP contribution is 2.26. The Labute approximate surface area is 111 Å². The molecule has 18 heavy (non-hydrogen) atoms. The van der Waals surface area contributed by atoms with Crippen molar-refractivity contribution in [2.45, 2.75) is 19.9 Å². The standard InChI is InChI=1S/C15H15ClFN/c1-9-5-11(8-13(17)6-9)15(18)14-4-3-12(16)7-10(14)2/h3-8,15H,18H2,1-2H3. The second-order valence-corrected chi connectivity index (χ2v) is 4.98. The molecule has 0 saturated carbocycles. The Morgan fingerprint density at radius 2 is 1.83 bits per heavy atom. The van der Waals surface area contributed by atoms with Crippen LogP contribution in [-0.2, 0) is 0 Å². The van der Waals surface area contributed by atoms with Gasteiger partial charge in [-0.25, -0.2) is 4.39 Å². The second-order valence-electron chi connectivity index (χ2n) is 4.54. The summed E-state index contributed by atoms with van der Waals surface area (Å²) in [5, 5.41) is 0.680. The lowest BCUT2D eigenvalue weighted by Crippen LogP contribution is -2.13. The van der Waals surface area contributed by atoms with E-state index in [9.17, 15) is 4.39 Å². The number of aryl methyl sites for hydroxylation is 2. The summed E-state index contributed by atoms with van der Waals surface area (Å²) in [5.74, 6) is -0.257. The molecule has 2 N–H and O–H groups in total. The Balaban J connectivity index is 2.44. The van der Waals surface area contributed by atoms with Gasteiger partial charge in [-0.1, -0.05) is 23.7 Å². The predicted octanol–water partition coefficient (Wildman–Crippen LogP) is 4.14. The van der Waals surface area contributed by atoms with Gasteiger partial charge in [0.25, 0.3) is 0 Å². The molecule has 1 unspecified atom stereocenters. The molecule has 0 spiro atoms. The van der Waals surface area contributed by atoms with Crippen molar-refractivity contribution in [1.29, 1.82) is 0 Å². The van der Waals surface area contributed by atoms with Gasteiger partial charge in [-0.15, -0.1) is 0 Å². The second kappa shape index (κ2) is 5.09. The molecule has 0 radical (unpaired) electrons. The summed E-state index contributed by atoms with van der Waals surface area (Å²) in [6.45, 7) is 3.81. The third kappa shape index (κ3) is 2.71. The third-order valence-electron chi connectivity index (χ3n) is 2.99. The number of nitrogens with two attached hydrogens (primary N) is 1. The highest BCUT2D eigenvalue weighted by Gasteiger charge is 2.13. The minimum Gasteiger partial charge on any atom is -0.320 e.